The fraction of sp³-hybridized carbons (Fsp3) is 0.214. The Bertz CT molecular complexity index is 1430. The Kier molecular flexibility index (Phi) is 8.60. The van der Waals surface area contributed by atoms with Crippen molar-refractivity contribution in [2.24, 2.45) is 5.10 Å². The first kappa shape index (κ1) is 26.7. The number of halogens is 1. The van der Waals surface area contributed by atoms with Gasteiger partial charge in [0.15, 0.2) is 0 Å². The largest absolute Gasteiger partial charge is 0.445 e. The average molecular weight is 533 g/mol. The van der Waals surface area contributed by atoms with Crippen LogP contribution in [-0.2, 0) is 22.6 Å². The van der Waals surface area contributed by atoms with Crippen molar-refractivity contribution in [3.05, 3.63) is 106 Å². The lowest BCUT2D eigenvalue weighted by molar-refractivity contribution is -0.123. The number of ether oxygens (including phenoxy) is 1. The zero-order valence-corrected chi connectivity index (χ0v) is 22.1. The summed E-state index contributed by atoms with van der Waals surface area (Å²) in [7, 11) is 0. The molecule has 38 heavy (non-hydrogen) atoms. The van der Waals surface area contributed by atoms with Gasteiger partial charge in [-0.25, -0.2) is 15.2 Å². The van der Waals surface area contributed by atoms with Gasteiger partial charge in [0, 0.05) is 46.0 Å². The quantitative estimate of drug-likeness (QED) is 0.213. The van der Waals surface area contributed by atoms with Crippen molar-refractivity contribution in [1.82, 2.24) is 25.3 Å². The maximum absolute atomic E-state index is 13.0. The number of nitrogens with one attached hydrogen (secondary N) is 3. The van der Waals surface area contributed by atoms with Crippen LogP contribution in [0.5, 0.6) is 0 Å². The van der Waals surface area contributed by atoms with E-state index in [4.69, 9.17) is 16.3 Å². The zero-order chi connectivity index (χ0) is 27.1. The molecule has 0 bridgehead atoms. The minimum absolute atomic E-state index is 0.0882. The first-order valence-corrected chi connectivity index (χ1v) is 12.4. The molecule has 0 saturated heterocycles. The van der Waals surface area contributed by atoms with Crippen LogP contribution in [0.2, 0.25) is 5.02 Å². The van der Waals surface area contributed by atoms with Gasteiger partial charge in [0.2, 0.25) is 0 Å². The fourth-order valence-electron chi connectivity index (χ4n) is 4.10. The molecule has 10 heteroatoms. The number of carbonyl (C=O) groups is 2. The smallest absolute Gasteiger partial charge is 0.408 e. The number of carbonyl (C=O) groups excluding carboxylic acids is 2. The normalized spacial score (nSPS) is 11.9. The minimum Gasteiger partial charge on any atom is -0.445 e. The van der Waals surface area contributed by atoms with Crippen molar-refractivity contribution >= 4 is 29.8 Å². The first-order valence-electron chi connectivity index (χ1n) is 12.0. The molecule has 0 saturated carbocycles. The van der Waals surface area contributed by atoms with Crippen LogP contribution in [0.4, 0.5) is 4.79 Å². The molecule has 0 aliphatic heterocycles. The number of rotatable bonds is 9. The number of hydrazone groups is 1. The number of imidazole rings is 1. The second-order valence-electron chi connectivity index (χ2n) is 8.82. The Labute approximate surface area is 225 Å². The third kappa shape index (κ3) is 6.49. The van der Waals surface area contributed by atoms with Crippen LogP contribution in [0.1, 0.15) is 33.8 Å². The molecule has 0 unspecified atom stereocenters. The number of H-pyrrole nitrogens is 1. The molecule has 2 amide bonds. The summed E-state index contributed by atoms with van der Waals surface area (Å²) in [6.45, 7) is 6.03. The molecule has 0 aliphatic rings. The number of nitrogens with zero attached hydrogens (tertiary/aromatic N) is 3. The van der Waals surface area contributed by atoms with Gasteiger partial charge in [-0.3, -0.25) is 4.79 Å². The molecule has 196 valence electrons. The summed E-state index contributed by atoms with van der Waals surface area (Å²) in [5, 5.41) is 7.47. The molecule has 2 heterocycles. The van der Waals surface area contributed by atoms with E-state index >= 15 is 0 Å². The van der Waals surface area contributed by atoms with Gasteiger partial charge in [0.25, 0.3) is 5.91 Å². The summed E-state index contributed by atoms with van der Waals surface area (Å²) in [5.41, 5.74) is 8.79. The molecule has 0 aliphatic carbocycles. The number of aromatic nitrogens is 3. The minimum atomic E-state index is -0.933. The predicted molar refractivity (Wildman–Crippen MR) is 147 cm³/mol. The van der Waals surface area contributed by atoms with Crippen LogP contribution >= 0.6 is 11.6 Å². The second-order valence-corrected chi connectivity index (χ2v) is 9.23. The second kappa shape index (κ2) is 12.2. The molecule has 4 aromatic rings. The van der Waals surface area contributed by atoms with Crippen molar-refractivity contribution in [2.45, 2.75) is 39.8 Å². The van der Waals surface area contributed by atoms with Gasteiger partial charge < -0.3 is 19.6 Å². The third-order valence-corrected chi connectivity index (χ3v) is 6.54. The Morgan fingerprint density at radius 2 is 1.95 bits per heavy atom. The number of hydrogen-bond donors (Lipinski definition) is 3. The number of aryl methyl sites for hydroxylation is 1. The summed E-state index contributed by atoms with van der Waals surface area (Å²) in [6, 6.07) is 16.1. The van der Waals surface area contributed by atoms with E-state index in [0.29, 0.717) is 10.7 Å². The monoisotopic (exact) mass is 532 g/mol. The molecule has 3 N–H and O–H groups in total. The van der Waals surface area contributed by atoms with Gasteiger partial charge in [-0.1, -0.05) is 48.0 Å². The molecular formula is C28H29ClN6O3. The number of alkyl carbamates (subject to hydrolysis) is 1. The Morgan fingerprint density at radius 3 is 2.68 bits per heavy atom. The molecule has 1 atom stereocenters. The highest BCUT2D eigenvalue weighted by Crippen LogP contribution is 2.26. The van der Waals surface area contributed by atoms with E-state index in [9.17, 15) is 9.59 Å². The maximum Gasteiger partial charge on any atom is 0.408 e. The summed E-state index contributed by atoms with van der Waals surface area (Å²) in [6.07, 6.45) is 4.15. The van der Waals surface area contributed by atoms with E-state index in [1.54, 1.807) is 12.4 Å². The average Bonchev–Trinajstić information content (AvgIpc) is 3.52. The Hall–Kier alpha value is -4.37. The van der Waals surface area contributed by atoms with Crippen LogP contribution < -0.4 is 10.7 Å². The zero-order valence-electron chi connectivity index (χ0n) is 21.4. The number of amides is 2. The van der Waals surface area contributed by atoms with Crippen molar-refractivity contribution < 1.29 is 14.3 Å². The van der Waals surface area contributed by atoms with Gasteiger partial charge in [0.05, 0.1) is 12.5 Å². The molecule has 0 fully saturated rings. The summed E-state index contributed by atoms with van der Waals surface area (Å²) >= 11 is 6.33. The molecule has 0 radical (unpaired) electrons. The van der Waals surface area contributed by atoms with Crippen molar-refractivity contribution in [2.75, 3.05) is 0 Å². The van der Waals surface area contributed by atoms with Crippen LogP contribution in [0.15, 0.2) is 72.2 Å². The summed E-state index contributed by atoms with van der Waals surface area (Å²) in [4.78, 5) is 32.3. The van der Waals surface area contributed by atoms with Gasteiger partial charge in [-0.05, 0) is 50.1 Å². The summed E-state index contributed by atoms with van der Waals surface area (Å²) < 4.78 is 7.38. The highest BCUT2D eigenvalue weighted by molar-refractivity contribution is 6.31. The van der Waals surface area contributed by atoms with E-state index in [1.807, 2.05) is 75.4 Å². The predicted octanol–water partition coefficient (Wildman–Crippen LogP) is 4.77. The van der Waals surface area contributed by atoms with E-state index in [0.717, 1.165) is 33.8 Å². The molecule has 2 aromatic carbocycles. The number of benzene rings is 2. The molecular weight excluding hydrogens is 504 g/mol. The lowest BCUT2D eigenvalue weighted by Gasteiger charge is -2.16. The lowest BCUT2D eigenvalue weighted by atomic mass is 10.1. The first-order chi connectivity index (χ1) is 18.3. The Balaban J connectivity index is 1.44. The molecule has 9 nitrogen and oxygen atoms in total. The van der Waals surface area contributed by atoms with Crippen LogP contribution in [0.3, 0.4) is 0 Å². The highest BCUT2D eigenvalue weighted by Gasteiger charge is 2.23. The van der Waals surface area contributed by atoms with E-state index in [1.165, 1.54) is 6.33 Å². The third-order valence-electron chi connectivity index (χ3n) is 6.13. The number of hydrogen-bond acceptors (Lipinski definition) is 5. The molecule has 2 aromatic heterocycles. The van der Waals surface area contributed by atoms with Crippen LogP contribution in [0.25, 0.3) is 5.69 Å². The molecule has 0 spiro atoms. The standard InChI is InChI=1S/C28H29ClN6O3/c1-18-12-22(20(3)35(18)26-11-7-10-24(29)19(26)2)14-32-34-27(36)25(13-23-15-30-17-31-23)33-28(37)38-16-21-8-5-4-6-9-21/h4-12,14-15,17,25H,13,16H2,1-3H3,(H,30,31)(H,33,37)(H,34,36)/b32-14-/t25-/m0/s1. The topological polar surface area (TPSA) is 113 Å². The van der Waals surface area contributed by atoms with Crippen molar-refractivity contribution in [3.8, 4) is 5.69 Å². The van der Waals surface area contributed by atoms with Crippen LogP contribution in [0, 0.1) is 20.8 Å². The number of aromatic amines is 1. The maximum atomic E-state index is 13.0. The Morgan fingerprint density at radius 1 is 1.16 bits per heavy atom. The van der Waals surface area contributed by atoms with Crippen molar-refractivity contribution in [1.29, 1.82) is 0 Å². The summed E-state index contributed by atoms with van der Waals surface area (Å²) in [5.74, 6) is -0.494. The van der Waals surface area contributed by atoms with Crippen molar-refractivity contribution in [3.63, 3.8) is 0 Å². The lowest BCUT2D eigenvalue weighted by Crippen LogP contribution is -2.47. The van der Waals surface area contributed by atoms with E-state index in [-0.39, 0.29) is 13.0 Å². The fourth-order valence-corrected chi connectivity index (χ4v) is 4.27. The van der Waals surface area contributed by atoms with Gasteiger partial charge in [-0.2, -0.15) is 5.10 Å². The van der Waals surface area contributed by atoms with Gasteiger partial charge in [0.1, 0.15) is 12.6 Å². The van der Waals surface area contributed by atoms with Gasteiger partial charge in [-0.15, -0.1) is 0 Å². The van der Waals surface area contributed by atoms with Gasteiger partial charge >= 0.3 is 6.09 Å². The highest BCUT2D eigenvalue weighted by atomic mass is 35.5. The molecule has 4 rings (SSSR count). The van der Waals surface area contributed by atoms with Crippen LogP contribution in [-0.4, -0.2) is 38.8 Å². The van der Waals surface area contributed by atoms with E-state index < -0.39 is 18.0 Å². The SMILES string of the molecule is Cc1c(Cl)cccc1-n1c(C)cc(/C=N\NC(=O)[C@H](Cc2cnc[nH]2)NC(=O)OCc2ccccc2)c1C. The van der Waals surface area contributed by atoms with E-state index in [2.05, 4.69) is 30.4 Å².